The minimum atomic E-state index is -1.51. The Labute approximate surface area is 496 Å². The number of urea groups is 1. The number of anilines is 4. The minimum absolute atomic E-state index is 0.0553. The van der Waals surface area contributed by atoms with Gasteiger partial charge in [0.2, 0.25) is 17.8 Å². The molecule has 0 spiro atoms. The molecule has 86 heavy (non-hydrogen) atoms. The van der Waals surface area contributed by atoms with E-state index in [1.165, 1.54) is 10.9 Å². The van der Waals surface area contributed by atoms with Gasteiger partial charge in [0.1, 0.15) is 18.3 Å². The summed E-state index contributed by atoms with van der Waals surface area (Å²) < 4.78 is 9.31. The Morgan fingerprint density at radius 3 is 1.47 bits per heavy atom. The molecule has 7 heterocycles. The number of imidazole rings is 2. The number of amides is 4. The molecule has 4 aromatic carbocycles. The topological polar surface area (TPSA) is 307 Å². The van der Waals surface area contributed by atoms with Gasteiger partial charge >= 0.3 is 6.03 Å². The maximum atomic E-state index is 14.0. The lowest BCUT2D eigenvalue weighted by Crippen LogP contribution is -2.48. The number of aromatic nitrogens is 8. The van der Waals surface area contributed by atoms with Crippen molar-refractivity contribution in [1.82, 2.24) is 60.3 Å². The average molecular weight is 1170 g/mol. The number of nitrogens with one attached hydrogen (secondary N) is 6. The zero-order valence-corrected chi connectivity index (χ0v) is 47.8. The maximum Gasteiger partial charge on any atom is 0.315 e. The average Bonchev–Trinajstić information content (AvgIpc) is 2.95. The Morgan fingerprint density at radius 1 is 0.558 bits per heavy atom. The summed E-state index contributed by atoms with van der Waals surface area (Å²) in [6.45, 7) is 6.90. The third-order valence-electron chi connectivity index (χ3n) is 17.0. The number of carbonyl (C=O) groups excluding carboxylic acids is 3. The van der Waals surface area contributed by atoms with E-state index in [0.29, 0.717) is 111 Å². The molecule has 3 aliphatic heterocycles. The number of ether oxygens (including phenoxy) is 1. The fourth-order valence-electron chi connectivity index (χ4n) is 12.5. The van der Waals surface area contributed by atoms with Crippen molar-refractivity contribution in [1.29, 1.82) is 0 Å². The molecule has 0 radical (unpaired) electrons. The van der Waals surface area contributed by atoms with Crippen molar-refractivity contribution in [2.45, 2.75) is 99.8 Å². The molecule has 24 heteroatoms. The second kappa shape index (κ2) is 25.4. The van der Waals surface area contributed by atoms with E-state index < -0.39 is 54.6 Å². The minimum Gasteiger partial charge on any atom is -0.390 e. The fraction of sp³-hybridized carbons (Fsp3) is 0.403. The van der Waals surface area contributed by atoms with Gasteiger partial charge in [-0.1, -0.05) is 121 Å². The van der Waals surface area contributed by atoms with Crippen LogP contribution in [0.2, 0.25) is 0 Å². The Hall–Kier alpha value is -8.81. The molecular formula is C62H72N16O8. The SMILES string of the molecule is CCNC(=O)[C@H]1C[C@@H](n2cnc3c(NCC(c4ccccc4)c4ccccc4)nc(N4CC[C@@H](NC(=O)N[C@@H]5CCN(c6nc(NCC(c7ccccc7)c7ccccc7)c7ncn([C@@H]8O[C@H](C(=O)NCC)[C@@H](O)[C@H]8O)c7n6)C5)C4)nc32)[C@H](O)[C@@H]1O. The van der Waals surface area contributed by atoms with Crippen molar-refractivity contribution >= 4 is 63.7 Å². The van der Waals surface area contributed by atoms with Gasteiger partial charge in [-0.3, -0.25) is 14.2 Å². The third-order valence-corrected chi connectivity index (χ3v) is 17.0. The van der Waals surface area contributed by atoms with Crippen LogP contribution in [0.4, 0.5) is 28.3 Å². The number of hydrogen-bond acceptors (Lipinski definition) is 18. The number of nitrogens with zero attached hydrogens (tertiary/aromatic N) is 10. The quantitative estimate of drug-likeness (QED) is 0.0519. The van der Waals surface area contributed by atoms with Crippen LogP contribution in [0.5, 0.6) is 0 Å². The molecule has 4 fully saturated rings. The fourth-order valence-corrected chi connectivity index (χ4v) is 12.5. The van der Waals surface area contributed by atoms with Crippen molar-refractivity contribution in [3.8, 4) is 0 Å². The van der Waals surface area contributed by atoms with Gasteiger partial charge in [0.15, 0.2) is 46.3 Å². The Morgan fingerprint density at radius 2 is 1.00 bits per heavy atom. The highest BCUT2D eigenvalue weighted by atomic mass is 16.6. The van der Waals surface area contributed by atoms with E-state index in [1.807, 2.05) is 82.6 Å². The standard InChI is InChI=1S/C62H72N16O8/c1-3-63-57(83)42-29-45(49(80)48(42)79)77-34-67-46-53(65-30-43(36-17-9-5-10-18-36)37-19-11-6-12-20-37)71-60(73-55(46)77)75-27-25-40(32-75)69-62(85)70-41-26-28-76(33-41)61-72-54(66-31-44(38-21-13-7-14-22-38)39-23-15-8-16-24-39)47-56(74-61)78(35-68-47)59-51(82)50(81)52(86-59)58(84)64-4-2/h5-24,34-35,40-45,48-52,59,79-82H,3-4,25-33H2,1-2H3,(H,63,83)(H,64,84)(H,65,71,73)(H,66,72,74)(H2,69,70,85)/t40-,41-,42+,45-,48-,49+,50+,51-,52+,59-/m1/s1. The Bertz CT molecular complexity index is 3330. The molecule has 1 aliphatic carbocycles. The molecular weight excluding hydrogens is 1100 g/mol. The lowest BCUT2D eigenvalue weighted by atomic mass is 9.91. The zero-order chi connectivity index (χ0) is 59.4. The van der Waals surface area contributed by atoms with Gasteiger partial charge in [-0.15, -0.1) is 0 Å². The molecule has 1 saturated carbocycles. The van der Waals surface area contributed by atoms with Gasteiger partial charge in [0.25, 0.3) is 5.91 Å². The summed E-state index contributed by atoms with van der Waals surface area (Å²) >= 11 is 0. The second-order valence-corrected chi connectivity index (χ2v) is 22.5. The van der Waals surface area contributed by atoms with Gasteiger partial charge in [-0.25, -0.2) is 14.8 Å². The van der Waals surface area contributed by atoms with Crippen LogP contribution in [0.15, 0.2) is 134 Å². The van der Waals surface area contributed by atoms with Gasteiger partial charge in [-0.2, -0.15) is 19.9 Å². The molecule has 0 bridgehead atoms. The number of benzene rings is 4. The van der Waals surface area contributed by atoms with Gasteiger partial charge in [0, 0.05) is 76.3 Å². The number of hydrogen-bond donors (Lipinski definition) is 10. The first kappa shape index (κ1) is 57.6. The first-order valence-electron chi connectivity index (χ1n) is 29.6. The summed E-state index contributed by atoms with van der Waals surface area (Å²) in [7, 11) is 0. The van der Waals surface area contributed by atoms with Gasteiger partial charge in [0.05, 0.1) is 30.7 Å². The highest BCUT2D eigenvalue weighted by molar-refractivity contribution is 5.86. The molecule has 4 aromatic heterocycles. The third kappa shape index (κ3) is 11.8. The summed E-state index contributed by atoms with van der Waals surface area (Å²) in [6, 6.07) is 39.1. The molecule has 10 N–H and O–H groups in total. The van der Waals surface area contributed by atoms with E-state index in [4.69, 9.17) is 34.6 Å². The summed E-state index contributed by atoms with van der Waals surface area (Å²) in [5, 5.41) is 63.9. The van der Waals surface area contributed by atoms with Crippen molar-refractivity contribution in [2.75, 3.05) is 72.8 Å². The van der Waals surface area contributed by atoms with E-state index in [1.54, 1.807) is 24.7 Å². The summed E-state index contributed by atoms with van der Waals surface area (Å²) in [5.41, 5.74) is 5.99. The van der Waals surface area contributed by atoms with Crippen LogP contribution in [0.25, 0.3) is 22.3 Å². The number of rotatable bonds is 20. The second-order valence-electron chi connectivity index (χ2n) is 22.5. The molecule has 10 atom stereocenters. The first-order chi connectivity index (χ1) is 41.9. The number of aliphatic hydroxyl groups excluding tert-OH is 4. The van der Waals surface area contributed by atoms with Gasteiger partial charge < -0.3 is 71.4 Å². The van der Waals surface area contributed by atoms with Crippen LogP contribution in [0.1, 0.15) is 79.5 Å². The molecule has 4 amide bonds. The summed E-state index contributed by atoms with van der Waals surface area (Å²) in [6.07, 6.45) is -3.70. The van der Waals surface area contributed by atoms with Crippen molar-refractivity contribution in [3.63, 3.8) is 0 Å². The largest absolute Gasteiger partial charge is 0.390 e. The van der Waals surface area contributed by atoms with E-state index in [0.717, 1.165) is 22.3 Å². The monoisotopic (exact) mass is 1170 g/mol. The normalized spacial score (nSPS) is 23.8. The van der Waals surface area contributed by atoms with Crippen molar-refractivity contribution in [2.24, 2.45) is 5.92 Å². The predicted octanol–water partition coefficient (Wildman–Crippen LogP) is 3.79. The smallest absolute Gasteiger partial charge is 0.315 e. The van der Waals surface area contributed by atoms with E-state index in [9.17, 15) is 34.8 Å². The van der Waals surface area contributed by atoms with E-state index in [2.05, 4.69) is 80.4 Å². The molecule has 448 valence electrons. The van der Waals surface area contributed by atoms with Crippen LogP contribution < -0.4 is 41.7 Å². The molecule has 3 saturated heterocycles. The van der Waals surface area contributed by atoms with Crippen molar-refractivity contribution in [3.05, 3.63) is 156 Å². The van der Waals surface area contributed by atoms with Crippen LogP contribution >= 0.6 is 0 Å². The van der Waals surface area contributed by atoms with Crippen LogP contribution in [-0.2, 0) is 14.3 Å². The molecule has 8 aromatic rings. The molecule has 4 aliphatic rings. The number of aliphatic hydroxyl groups is 4. The van der Waals surface area contributed by atoms with Gasteiger partial charge in [-0.05, 0) is 55.4 Å². The number of carbonyl (C=O) groups is 3. The number of fused-ring (bicyclic) bond motifs is 2. The predicted molar refractivity (Wildman–Crippen MR) is 322 cm³/mol. The van der Waals surface area contributed by atoms with E-state index in [-0.39, 0.29) is 42.3 Å². The molecule has 0 unspecified atom stereocenters. The van der Waals surface area contributed by atoms with Crippen molar-refractivity contribution < 1.29 is 39.5 Å². The zero-order valence-electron chi connectivity index (χ0n) is 47.8. The van der Waals surface area contributed by atoms with Crippen LogP contribution in [-0.4, -0.2) is 172 Å². The summed E-state index contributed by atoms with van der Waals surface area (Å²) in [4.78, 5) is 73.7. The highest BCUT2D eigenvalue weighted by Crippen LogP contribution is 2.40. The highest BCUT2D eigenvalue weighted by Gasteiger charge is 2.49. The first-order valence-corrected chi connectivity index (χ1v) is 29.6. The Balaban J connectivity index is 0.767. The summed E-state index contributed by atoms with van der Waals surface area (Å²) in [5.74, 6) is -0.223. The molecule has 24 nitrogen and oxygen atoms in total. The lowest BCUT2D eigenvalue weighted by Gasteiger charge is -2.22. The van der Waals surface area contributed by atoms with Crippen LogP contribution in [0, 0.1) is 5.92 Å². The maximum absolute atomic E-state index is 14.0. The lowest BCUT2D eigenvalue weighted by molar-refractivity contribution is -0.137. The Kier molecular flexibility index (Phi) is 17.0. The number of likely N-dealkylation sites (N-methyl/N-ethyl adjacent to an activating group) is 1. The molecule has 12 rings (SSSR count). The van der Waals surface area contributed by atoms with E-state index >= 15 is 0 Å². The van der Waals surface area contributed by atoms with Crippen LogP contribution in [0.3, 0.4) is 0 Å².